The van der Waals surface area contributed by atoms with Crippen LogP contribution in [0.1, 0.15) is 45.5 Å². The Balaban J connectivity index is 1.45. The van der Waals surface area contributed by atoms with Gasteiger partial charge in [-0.2, -0.15) is 0 Å². The molecule has 5 aliphatic rings. The average Bonchev–Trinajstić information content (AvgIpc) is 3.05. The number of likely N-dealkylation sites (N-methyl/N-ethyl adjacent to an activating group) is 2. The van der Waals surface area contributed by atoms with Crippen LogP contribution in [0.2, 0.25) is 0 Å². The normalized spacial score (nSPS) is 22.0. The molecule has 0 spiro atoms. The summed E-state index contributed by atoms with van der Waals surface area (Å²) in [6.45, 7) is 1.26. The zero-order chi connectivity index (χ0) is 32.2. The lowest BCUT2D eigenvalue weighted by molar-refractivity contribution is -0.894. The van der Waals surface area contributed by atoms with Gasteiger partial charge in [-0.3, -0.25) is 4.90 Å². The molecule has 9 heteroatoms. The minimum Gasteiger partial charge on any atom is -0.633 e. The maximum absolute atomic E-state index is 13.9. The number of fused-ring (bicyclic) bond motifs is 1. The van der Waals surface area contributed by atoms with Crippen molar-refractivity contribution in [1.82, 2.24) is 4.90 Å². The van der Waals surface area contributed by atoms with Crippen molar-refractivity contribution in [3.63, 3.8) is 0 Å². The van der Waals surface area contributed by atoms with Crippen LogP contribution in [-0.2, 0) is 25.7 Å². The molecular weight excluding hydrogens is 584 g/mol. The number of aromatic hydroxyl groups is 1. The molecule has 0 aromatic heterocycles. The number of quaternary nitrogens is 1. The van der Waals surface area contributed by atoms with Crippen molar-refractivity contribution in [1.29, 1.82) is 0 Å². The first-order valence-corrected chi connectivity index (χ1v) is 15.7. The molecular formula is C37H40N2O7. The van der Waals surface area contributed by atoms with Gasteiger partial charge in [0, 0.05) is 36.6 Å². The third-order valence-corrected chi connectivity index (χ3v) is 9.88. The lowest BCUT2D eigenvalue weighted by Crippen LogP contribution is -2.47. The zero-order valence-corrected chi connectivity index (χ0v) is 27.0. The van der Waals surface area contributed by atoms with Crippen LogP contribution < -0.4 is 23.7 Å². The first-order chi connectivity index (χ1) is 22.2. The molecule has 0 radical (unpaired) electrons. The van der Waals surface area contributed by atoms with E-state index in [9.17, 15) is 10.3 Å². The van der Waals surface area contributed by atoms with Crippen molar-refractivity contribution >= 4 is 0 Å². The summed E-state index contributed by atoms with van der Waals surface area (Å²) in [5.41, 5.74) is 6.02. The van der Waals surface area contributed by atoms with E-state index in [2.05, 4.69) is 11.9 Å². The SMILES string of the molecule is COc1ccc2cc1Oc1ccc(cc1)C[C@H]1c3cc(OC)c(cc3CC[N+]1(C)[O-])Oc1c(O)c(OC)cc3c1[C@H](C2)N(C)CC3. The fourth-order valence-electron chi connectivity index (χ4n) is 7.24. The van der Waals surface area contributed by atoms with Crippen molar-refractivity contribution in [2.45, 2.75) is 37.8 Å². The number of hydrogen-bond donors (Lipinski definition) is 1. The van der Waals surface area contributed by atoms with Gasteiger partial charge in [-0.1, -0.05) is 18.2 Å². The Morgan fingerprint density at radius 1 is 0.804 bits per heavy atom. The molecule has 0 fully saturated rings. The van der Waals surface area contributed by atoms with Crippen molar-refractivity contribution in [2.24, 2.45) is 0 Å². The van der Waals surface area contributed by atoms with E-state index in [1.807, 2.05) is 60.7 Å². The molecule has 3 atom stereocenters. The maximum atomic E-state index is 13.9. The number of hydroxylamine groups is 3. The van der Waals surface area contributed by atoms with Gasteiger partial charge >= 0.3 is 0 Å². The maximum Gasteiger partial charge on any atom is 0.201 e. The summed E-state index contributed by atoms with van der Waals surface area (Å²) in [6, 6.07) is 19.3. The van der Waals surface area contributed by atoms with Crippen LogP contribution in [0.25, 0.3) is 0 Å². The Kier molecular flexibility index (Phi) is 7.71. The highest BCUT2D eigenvalue weighted by atomic mass is 16.5. The summed E-state index contributed by atoms with van der Waals surface area (Å²) in [6.07, 6.45) is 2.55. The highest BCUT2D eigenvalue weighted by Gasteiger charge is 2.36. The Hall–Kier alpha value is -4.44. The number of ether oxygens (including phenoxy) is 5. The zero-order valence-electron chi connectivity index (χ0n) is 27.0. The standard InChI is InChI=1S/C37H40N2O7/c1-38-14-12-25-20-34(44-5)36(40)37-35(25)28(38)16-23-8-11-30(42-3)32(18-23)45-26-9-6-22(7-10-26)17-29-27-21-31(43-4)33(46-37)19-24(27)13-15-39(29,2)41/h6-11,18-21,28-29,40H,12-17H2,1-5H3/t28-,29-,39?/m0/s1. The van der Waals surface area contributed by atoms with E-state index in [0.717, 1.165) is 46.3 Å². The summed E-state index contributed by atoms with van der Waals surface area (Å²) in [4.78, 5) is 2.29. The van der Waals surface area contributed by atoms with Crippen LogP contribution in [0, 0.1) is 5.21 Å². The lowest BCUT2D eigenvalue weighted by atomic mass is 9.87. The quantitative estimate of drug-likeness (QED) is 0.195. The minimum absolute atomic E-state index is 0.0610. The predicted octanol–water partition coefficient (Wildman–Crippen LogP) is 6.87. The van der Waals surface area contributed by atoms with E-state index in [-0.39, 0.29) is 17.8 Å². The number of phenols is 1. The van der Waals surface area contributed by atoms with Crippen molar-refractivity contribution in [2.75, 3.05) is 48.5 Å². The van der Waals surface area contributed by atoms with Gasteiger partial charge < -0.3 is 38.6 Å². The van der Waals surface area contributed by atoms with Gasteiger partial charge in [-0.15, -0.1) is 0 Å². The minimum atomic E-state index is -0.392. The van der Waals surface area contributed by atoms with Gasteiger partial charge in [0.25, 0.3) is 0 Å². The summed E-state index contributed by atoms with van der Waals surface area (Å²) in [7, 11) is 8.62. The number of methoxy groups -OCH3 is 3. The molecule has 5 heterocycles. The van der Waals surface area contributed by atoms with Gasteiger partial charge in [0.15, 0.2) is 34.5 Å². The Morgan fingerprint density at radius 3 is 2.26 bits per heavy atom. The third kappa shape index (κ3) is 5.28. The van der Waals surface area contributed by atoms with Crippen LogP contribution in [0.4, 0.5) is 0 Å². The molecule has 8 bridgehead atoms. The lowest BCUT2D eigenvalue weighted by Gasteiger charge is -2.49. The molecule has 1 unspecified atom stereocenters. The molecule has 9 nitrogen and oxygen atoms in total. The van der Waals surface area contributed by atoms with Gasteiger partial charge in [-0.05, 0) is 84.6 Å². The topological polar surface area (TPSA) is 92.7 Å². The molecule has 46 heavy (non-hydrogen) atoms. The molecule has 5 aliphatic heterocycles. The fraction of sp³-hybridized carbons (Fsp3) is 0.351. The number of nitrogens with zero attached hydrogens (tertiary/aromatic N) is 2. The molecule has 9 rings (SSSR count). The van der Waals surface area contributed by atoms with Crippen LogP contribution in [0.15, 0.2) is 60.7 Å². The molecule has 0 saturated carbocycles. The largest absolute Gasteiger partial charge is 0.633 e. The fourth-order valence-corrected chi connectivity index (χ4v) is 7.24. The molecule has 1 N–H and O–H groups in total. The van der Waals surface area contributed by atoms with Crippen LogP contribution >= 0.6 is 0 Å². The van der Waals surface area contributed by atoms with Gasteiger partial charge in [0.05, 0.1) is 34.9 Å². The van der Waals surface area contributed by atoms with Crippen molar-refractivity contribution in [3.05, 3.63) is 99.3 Å². The third-order valence-electron chi connectivity index (χ3n) is 9.88. The molecule has 4 aromatic carbocycles. The monoisotopic (exact) mass is 624 g/mol. The van der Waals surface area contributed by atoms with E-state index in [1.165, 1.54) is 0 Å². The number of hydrogen-bond acceptors (Lipinski definition) is 8. The number of phenolic OH excluding ortho intramolecular Hbond substituents is 1. The highest BCUT2D eigenvalue weighted by Crippen LogP contribution is 2.51. The molecule has 240 valence electrons. The second-order valence-corrected chi connectivity index (χ2v) is 12.7. The second kappa shape index (κ2) is 11.7. The van der Waals surface area contributed by atoms with Crippen molar-refractivity contribution in [3.8, 4) is 46.0 Å². The molecule has 0 aliphatic carbocycles. The summed E-state index contributed by atoms with van der Waals surface area (Å²) in [5.74, 6) is 3.56. The Bertz CT molecular complexity index is 1790. The second-order valence-electron chi connectivity index (χ2n) is 12.7. The summed E-state index contributed by atoms with van der Waals surface area (Å²) in [5, 5.41) is 25.5. The summed E-state index contributed by atoms with van der Waals surface area (Å²) < 4.78 is 29.9. The van der Waals surface area contributed by atoms with Crippen molar-refractivity contribution < 1.29 is 33.4 Å². The van der Waals surface area contributed by atoms with E-state index in [1.54, 1.807) is 28.4 Å². The van der Waals surface area contributed by atoms with Gasteiger partial charge in [0.2, 0.25) is 5.75 Å². The first kappa shape index (κ1) is 30.2. The van der Waals surface area contributed by atoms with E-state index in [0.29, 0.717) is 66.1 Å². The van der Waals surface area contributed by atoms with E-state index >= 15 is 0 Å². The Morgan fingerprint density at radius 2 is 1.52 bits per heavy atom. The Labute approximate surface area is 269 Å². The molecule has 0 amide bonds. The molecule has 4 aromatic rings. The number of rotatable bonds is 3. The molecule has 0 saturated heterocycles. The average molecular weight is 625 g/mol. The van der Waals surface area contributed by atoms with E-state index < -0.39 is 4.65 Å². The van der Waals surface area contributed by atoms with Gasteiger partial charge in [-0.25, -0.2) is 0 Å². The highest BCUT2D eigenvalue weighted by molar-refractivity contribution is 5.63. The first-order valence-electron chi connectivity index (χ1n) is 15.7. The summed E-state index contributed by atoms with van der Waals surface area (Å²) >= 11 is 0. The number of benzene rings is 4. The van der Waals surface area contributed by atoms with Crippen LogP contribution in [0.3, 0.4) is 0 Å². The van der Waals surface area contributed by atoms with Gasteiger partial charge in [0.1, 0.15) is 11.8 Å². The smallest absolute Gasteiger partial charge is 0.201 e. The van der Waals surface area contributed by atoms with E-state index in [4.69, 9.17) is 23.7 Å². The predicted molar refractivity (Wildman–Crippen MR) is 175 cm³/mol. The van der Waals surface area contributed by atoms with Crippen LogP contribution in [0.5, 0.6) is 46.0 Å². The van der Waals surface area contributed by atoms with Crippen LogP contribution in [-0.4, -0.2) is 63.2 Å².